The molecule has 9 heteroatoms. The smallest absolute Gasteiger partial charge is 0.137 e. The summed E-state index contributed by atoms with van der Waals surface area (Å²) in [5.74, 6) is 2.96. The average Bonchev–Trinajstić information content (AvgIpc) is 3.99. The van der Waals surface area contributed by atoms with Crippen LogP contribution in [0.5, 0.6) is 11.5 Å². The predicted molar refractivity (Wildman–Crippen MR) is 293 cm³/mol. The normalized spacial score (nSPS) is 14.4. The van der Waals surface area contributed by atoms with E-state index in [9.17, 15) is 5.48 Å². The molecule has 0 saturated heterocycles. The van der Waals surface area contributed by atoms with Gasteiger partial charge in [-0.05, 0) is 89.9 Å². The van der Waals surface area contributed by atoms with Gasteiger partial charge in [0, 0.05) is 66.2 Å². The van der Waals surface area contributed by atoms with Crippen molar-refractivity contribution in [2.45, 2.75) is 73.1 Å². The Balaban J connectivity index is 0.00000405. The summed E-state index contributed by atoms with van der Waals surface area (Å²) in [6, 6.07) is 31.1. The molecule has 10 aromatic rings. The Bertz CT molecular complexity index is 4050. The van der Waals surface area contributed by atoms with Gasteiger partial charge < -0.3 is 26.5 Å². The third kappa shape index (κ3) is 8.76. The fraction of sp³-hybridized carbons (Fsp3) is 0.190. The molecule has 1 aliphatic rings. The zero-order chi connectivity index (χ0) is 57.2. The number of pyridine rings is 1. The van der Waals surface area contributed by atoms with Gasteiger partial charge in [0.25, 0.3) is 0 Å². The second kappa shape index (κ2) is 19.3. The Morgan fingerprint density at radius 1 is 0.611 bits per heavy atom. The fourth-order valence-electron chi connectivity index (χ4n) is 9.20. The van der Waals surface area contributed by atoms with Crippen molar-refractivity contribution in [3.63, 3.8) is 0 Å². The molecular formula is C63H58N7OPt-3. The van der Waals surface area contributed by atoms with Crippen molar-refractivity contribution in [1.82, 2.24) is 24.5 Å². The van der Waals surface area contributed by atoms with Crippen molar-refractivity contribution in [1.29, 1.82) is 0 Å². The molecule has 3 aromatic heterocycles. The first kappa shape index (κ1) is 38.3. The Morgan fingerprint density at radius 2 is 1.19 bits per heavy atom. The molecule has 0 amide bonds. The molecule has 7 aromatic carbocycles. The molecule has 0 saturated carbocycles. The summed E-state index contributed by atoms with van der Waals surface area (Å²) in [6.45, 7) is 17.9. The Kier molecular flexibility index (Phi) is 10.3. The van der Waals surface area contributed by atoms with Crippen molar-refractivity contribution in [2.75, 3.05) is 16.5 Å². The van der Waals surface area contributed by atoms with Gasteiger partial charge in [0.2, 0.25) is 0 Å². The molecule has 0 fully saturated rings. The van der Waals surface area contributed by atoms with Crippen LogP contribution in [0.3, 0.4) is 0 Å². The first-order valence-electron chi connectivity index (χ1n) is 28.2. The van der Waals surface area contributed by atoms with E-state index in [1.807, 2.05) is 109 Å². The molecule has 0 atom stereocenters. The first-order valence-corrected chi connectivity index (χ1v) is 23.2. The fourth-order valence-corrected chi connectivity index (χ4v) is 9.20. The van der Waals surface area contributed by atoms with Crippen LogP contribution in [-0.2, 0) is 31.9 Å². The number of anilines is 4. The van der Waals surface area contributed by atoms with Gasteiger partial charge >= 0.3 is 0 Å². The predicted octanol–water partition coefficient (Wildman–Crippen LogP) is 16.0. The third-order valence-electron chi connectivity index (χ3n) is 12.9. The van der Waals surface area contributed by atoms with E-state index >= 15 is 0 Å². The standard InChI is InChI=1S/C62H55N7O.CH3.Pt/c1-39-40(2)55(42-23-12-10-13-24-42)57(56(41(39)3)43-25-14-11-15-26-43)68-38-67(50-31-18-19-32-51(50)68)44-27-22-28-45(35-44)70-53-37-52-47(46-29-16-17-30-49(46)69(52)54-33-20-21-34-63-54)36-48(53)58-64-59(61(4,5)6)66-60(65-58)62(7,8)9;;/h10-34,36H,38H2,1-9H3;1H3;/q-2;-1;/i10D,11D,12D,13D,14D,15D,23D,24D,25D,26D;;. The minimum atomic E-state index is -0.564. The Labute approximate surface area is 452 Å². The number of fused-ring (bicyclic) bond motifs is 4. The van der Waals surface area contributed by atoms with Gasteiger partial charge in [0.15, 0.2) is 0 Å². The van der Waals surface area contributed by atoms with E-state index in [1.54, 1.807) is 12.3 Å². The van der Waals surface area contributed by atoms with Crippen molar-refractivity contribution >= 4 is 44.6 Å². The van der Waals surface area contributed by atoms with Gasteiger partial charge in [-0.25, -0.2) is 19.9 Å². The van der Waals surface area contributed by atoms with Crippen LogP contribution in [0.2, 0.25) is 0 Å². The van der Waals surface area contributed by atoms with E-state index in [4.69, 9.17) is 32.9 Å². The number of para-hydroxylation sites is 3. The Hall–Kier alpha value is -7.41. The maximum atomic E-state index is 9.33. The number of aromatic nitrogens is 5. The molecule has 364 valence electrons. The number of hydrogen-bond acceptors (Lipinski definition) is 7. The van der Waals surface area contributed by atoms with Crippen LogP contribution < -0.4 is 14.5 Å². The summed E-state index contributed by atoms with van der Waals surface area (Å²) >= 11 is 0. The minimum Gasteiger partial charge on any atom is -0.508 e. The van der Waals surface area contributed by atoms with Crippen molar-refractivity contribution < 1.29 is 39.5 Å². The van der Waals surface area contributed by atoms with Gasteiger partial charge in [-0.15, -0.1) is 35.7 Å². The first-order chi connectivity index (χ1) is 37.9. The molecule has 8 nitrogen and oxygen atoms in total. The SMILES string of the molecule is [2H]c1c([2H])c([2H])c(-c2c(C)c(C)c(C)c(-c3c([2H])c([2H])c([2H])c([2H])c3[2H])c2N2CN(c3[c-]c(Oc4[c-]c5c(cc4-c4nc(C(C)(C)C)nc(C(C)(C)C)n4)c4ccccc4n5-c4ccccn4)ccc3)c3ccccc32)c([2H])c1[2H].[CH3-].[Pt]. The number of rotatable bonds is 8. The second-order valence-corrected chi connectivity index (χ2v) is 19.6. The maximum absolute atomic E-state index is 9.33. The van der Waals surface area contributed by atoms with Crippen LogP contribution in [0.4, 0.5) is 22.7 Å². The summed E-state index contributed by atoms with van der Waals surface area (Å²) in [5, 5.41) is 1.84. The molecule has 0 N–H and O–H groups in total. The van der Waals surface area contributed by atoms with E-state index < -0.39 is 71.3 Å². The third-order valence-corrected chi connectivity index (χ3v) is 12.9. The van der Waals surface area contributed by atoms with Crippen molar-refractivity contribution in [3.05, 3.63) is 206 Å². The van der Waals surface area contributed by atoms with E-state index in [1.165, 1.54) is 0 Å². The largest absolute Gasteiger partial charge is 0.508 e. The van der Waals surface area contributed by atoms with Crippen LogP contribution in [0.25, 0.3) is 61.3 Å². The van der Waals surface area contributed by atoms with Crippen LogP contribution in [0.1, 0.15) is 83.6 Å². The van der Waals surface area contributed by atoms with Crippen molar-refractivity contribution in [2.24, 2.45) is 0 Å². The summed E-state index contributed by atoms with van der Waals surface area (Å²) in [4.78, 5) is 23.9. The quantitative estimate of drug-likeness (QED) is 0.140. The molecule has 0 spiro atoms. The molecule has 4 heterocycles. The number of nitrogens with zero attached hydrogens (tertiary/aromatic N) is 7. The average molecular weight is 1130 g/mol. The van der Waals surface area contributed by atoms with Crippen LogP contribution >= 0.6 is 0 Å². The van der Waals surface area contributed by atoms with Gasteiger partial charge in [-0.1, -0.05) is 150 Å². The van der Waals surface area contributed by atoms with Gasteiger partial charge in [0.1, 0.15) is 23.3 Å². The van der Waals surface area contributed by atoms with E-state index in [0.29, 0.717) is 85.3 Å². The summed E-state index contributed by atoms with van der Waals surface area (Å²) in [5.41, 5.74) is 5.63. The Morgan fingerprint density at radius 3 is 1.79 bits per heavy atom. The zero-order valence-electron chi connectivity index (χ0n) is 51.8. The summed E-state index contributed by atoms with van der Waals surface area (Å²) in [6.07, 6.45) is 1.75. The van der Waals surface area contributed by atoms with Crippen LogP contribution in [0.15, 0.2) is 158 Å². The van der Waals surface area contributed by atoms with Crippen LogP contribution in [0, 0.1) is 40.3 Å². The van der Waals surface area contributed by atoms with E-state index in [0.717, 1.165) is 16.3 Å². The number of hydrogen-bond donors (Lipinski definition) is 0. The van der Waals surface area contributed by atoms with E-state index in [-0.39, 0.29) is 57.4 Å². The molecule has 72 heavy (non-hydrogen) atoms. The molecular weight excluding hydrogens is 1070 g/mol. The zero-order valence-corrected chi connectivity index (χ0v) is 44.1. The van der Waals surface area contributed by atoms with Gasteiger partial charge in [-0.2, -0.15) is 6.07 Å². The van der Waals surface area contributed by atoms with Gasteiger partial charge in [-0.3, -0.25) is 0 Å². The summed E-state index contributed by atoms with van der Waals surface area (Å²) < 4.78 is 98.7. The van der Waals surface area contributed by atoms with E-state index in [2.05, 4.69) is 64.3 Å². The topological polar surface area (TPSA) is 72.2 Å². The van der Waals surface area contributed by atoms with Crippen LogP contribution in [-0.4, -0.2) is 31.2 Å². The molecule has 11 rings (SSSR count). The second-order valence-electron chi connectivity index (χ2n) is 19.6. The van der Waals surface area contributed by atoms with Gasteiger partial charge in [0.05, 0.1) is 37.4 Å². The van der Waals surface area contributed by atoms with Crippen molar-refractivity contribution in [3.8, 4) is 51.0 Å². The maximum Gasteiger partial charge on any atom is 0.137 e. The minimum absolute atomic E-state index is 0. The monoisotopic (exact) mass is 1130 g/mol. The molecule has 0 bridgehead atoms. The molecule has 0 radical (unpaired) electrons. The number of benzene rings is 7. The molecule has 0 unspecified atom stereocenters. The molecule has 1 aliphatic heterocycles. The summed E-state index contributed by atoms with van der Waals surface area (Å²) in [7, 11) is 0. The number of ether oxygens (including phenoxy) is 1. The molecule has 0 aliphatic carbocycles.